The molecule has 1 saturated carbocycles. The van der Waals surface area contributed by atoms with Gasteiger partial charge in [0.25, 0.3) is 0 Å². The Balaban J connectivity index is 1.70. The third-order valence-electron chi connectivity index (χ3n) is 5.91. The van der Waals surface area contributed by atoms with Gasteiger partial charge in [0.05, 0.1) is 0 Å². The molecular weight excluding hydrogens is 256 g/mol. The summed E-state index contributed by atoms with van der Waals surface area (Å²) in [4.78, 5) is 2.79. The van der Waals surface area contributed by atoms with Crippen molar-refractivity contribution in [1.29, 1.82) is 0 Å². The van der Waals surface area contributed by atoms with Crippen LogP contribution >= 0.6 is 0 Å². The topological polar surface area (TPSA) is 15.3 Å². The van der Waals surface area contributed by atoms with Crippen LogP contribution < -0.4 is 5.32 Å². The van der Waals surface area contributed by atoms with Crippen molar-refractivity contribution in [3.8, 4) is 0 Å². The normalized spacial score (nSPS) is 29.0. The van der Waals surface area contributed by atoms with E-state index in [0.29, 0.717) is 17.5 Å². The maximum absolute atomic E-state index is 3.76. The van der Waals surface area contributed by atoms with E-state index in [1.54, 1.807) is 0 Å². The fourth-order valence-corrected chi connectivity index (χ4v) is 4.09. The average molecular weight is 286 g/mol. The summed E-state index contributed by atoms with van der Waals surface area (Å²) in [5.41, 5.74) is 2.07. The molecule has 2 aliphatic rings. The zero-order chi connectivity index (χ0) is 14.7. The minimum Gasteiger partial charge on any atom is -0.307 e. The van der Waals surface area contributed by atoms with Crippen LogP contribution in [-0.4, -0.2) is 30.6 Å². The van der Waals surface area contributed by atoms with E-state index in [-0.39, 0.29) is 0 Å². The van der Waals surface area contributed by atoms with Crippen LogP contribution in [0.1, 0.15) is 57.6 Å². The Bertz CT molecular complexity index is 433. The smallest absolute Gasteiger partial charge is 0.0449 e. The molecule has 2 unspecified atom stereocenters. The Morgan fingerprint density at radius 1 is 1.19 bits per heavy atom. The van der Waals surface area contributed by atoms with E-state index in [1.165, 1.54) is 50.8 Å². The second-order valence-corrected chi connectivity index (χ2v) is 7.07. The number of benzene rings is 1. The minimum absolute atomic E-state index is 0.503. The molecule has 116 valence electrons. The lowest BCUT2D eigenvalue weighted by Crippen LogP contribution is -2.56. The maximum Gasteiger partial charge on any atom is 0.0449 e. The van der Waals surface area contributed by atoms with Gasteiger partial charge in [-0.3, -0.25) is 4.90 Å². The van der Waals surface area contributed by atoms with Crippen molar-refractivity contribution < 1.29 is 0 Å². The van der Waals surface area contributed by atoms with Crippen LogP contribution in [0.3, 0.4) is 0 Å². The molecule has 2 atom stereocenters. The largest absolute Gasteiger partial charge is 0.307 e. The molecule has 1 aromatic carbocycles. The highest BCUT2D eigenvalue weighted by atomic mass is 15.2. The van der Waals surface area contributed by atoms with Gasteiger partial charge in [0.1, 0.15) is 0 Å². The first-order chi connectivity index (χ1) is 10.3. The number of nitrogens with one attached hydrogen (secondary N) is 1. The second-order valence-electron chi connectivity index (χ2n) is 7.07. The molecule has 1 N–H and O–H groups in total. The highest BCUT2D eigenvalue weighted by Gasteiger charge is 2.39. The second kappa shape index (κ2) is 6.50. The third kappa shape index (κ3) is 3.17. The molecule has 21 heavy (non-hydrogen) atoms. The first kappa shape index (κ1) is 15.1. The molecule has 3 rings (SSSR count). The summed E-state index contributed by atoms with van der Waals surface area (Å²) in [6.45, 7) is 8.34. The number of rotatable bonds is 5. The average Bonchev–Trinajstić information content (AvgIpc) is 2.51. The SMILES string of the molecule is CCC1CNC(c2ccccc2)CN1CC1(CC)CCC1. The predicted molar refractivity (Wildman–Crippen MR) is 89.4 cm³/mol. The molecule has 2 fully saturated rings. The van der Waals surface area contributed by atoms with Crippen LogP contribution in [0.5, 0.6) is 0 Å². The Morgan fingerprint density at radius 3 is 2.52 bits per heavy atom. The van der Waals surface area contributed by atoms with Gasteiger partial charge in [0.2, 0.25) is 0 Å². The van der Waals surface area contributed by atoms with E-state index in [4.69, 9.17) is 0 Å². The lowest BCUT2D eigenvalue weighted by molar-refractivity contribution is 0.0195. The Kier molecular flexibility index (Phi) is 4.66. The van der Waals surface area contributed by atoms with Gasteiger partial charge >= 0.3 is 0 Å². The molecule has 1 heterocycles. The lowest BCUT2D eigenvalue weighted by Gasteiger charge is -2.49. The monoisotopic (exact) mass is 286 g/mol. The molecular formula is C19H30N2. The lowest BCUT2D eigenvalue weighted by atomic mass is 9.66. The van der Waals surface area contributed by atoms with Gasteiger partial charge in [-0.2, -0.15) is 0 Å². The first-order valence-electron chi connectivity index (χ1n) is 8.79. The van der Waals surface area contributed by atoms with Crippen molar-refractivity contribution in [3.63, 3.8) is 0 Å². The van der Waals surface area contributed by atoms with Crippen LogP contribution in [0.15, 0.2) is 30.3 Å². The molecule has 1 saturated heterocycles. The number of hydrogen-bond donors (Lipinski definition) is 1. The molecule has 0 radical (unpaired) electrons. The predicted octanol–water partition coefficient (Wildman–Crippen LogP) is 3.99. The van der Waals surface area contributed by atoms with Crippen molar-refractivity contribution in [1.82, 2.24) is 10.2 Å². The molecule has 0 bridgehead atoms. The fraction of sp³-hybridized carbons (Fsp3) is 0.684. The number of hydrogen-bond acceptors (Lipinski definition) is 2. The van der Waals surface area contributed by atoms with Crippen LogP contribution in [0, 0.1) is 5.41 Å². The van der Waals surface area contributed by atoms with E-state index in [1.807, 2.05) is 0 Å². The van der Waals surface area contributed by atoms with E-state index in [9.17, 15) is 0 Å². The van der Waals surface area contributed by atoms with Gasteiger partial charge in [0.15, 0.2) is 0 Å². The van der Waals surface area contributed by atoms with Crippen LogP contribution in [-0.2, 0) is 0 Å². The number of nitrogens with zero attached hydrogens (tertiary/aromatic N) is 1. The van der Waals surface area contributed by atoms with Crippen molar-refractivity contribution in [2.75, 3.05) is 19.6 Å². The molecule has 1 aliphatic heterocycles. The van der Waals surface area contributed by atoms with Crippen molar-refractivity contribution in [3.05, 3.63) is 35.9 Å². The Hall–Kier alpha value is -0.860. The summed E-state index contributed by atoms with van der Waals surface area (Å²) in [5.74, 6) is 0. The van der Waals surface area contributed by atoms with Gasteiger partial charge in [0, 0.05) is 31.7 Å². The zero-order valence-corrected chi connectivity index (χ0v) is 13.6. The van der Waals surface area contributed by atoms with Crippen LogP contribution in [0.25, 0.3) is 0 Å². The first-order valence-corrected chi connectivity index (χ1v) is 8.79. The van der Waals surface area contributed by atoms with E-state index in [2.05, 4.69) is 54.4 Å². The van der Waals surface area contributed by atoms with Gasteiger partial charge in [-0.1, -0.05) is 50.6 Å². The fourth-order valence-electron chi connectivity index (χ4n) is 4.09. The highest BCUT2D eigenvalue weighted by Crippen LogP contribution is 2.45. The van der Waals surface area contributed by atoms with Gasteiger partial charge in [-0.15, -0.1) is 0 Å². The summed E-state index contributed by atoms with van der Waals surface area (Å²) in [6, 6.07) is 12.2. The third-order valence-corrected chi connectivity index (χ3v) is 5.91. The zero-order valence-electron chi connectivity index (χ0n) is 13.6. The molecule has 1 aromatic rings. The van der Waals surface area contributed by atoms with Crippen molar-refractivity contribution in [2.45, 2.75) is 58.0 Å². The quantitative estimate of drug-likeness (QED) is 0.880. The highest BCUT2D eigenvalue weighted by molar-refractivity contribution is 5.20. The van der Waals surface area contributed by atoms with Gasteiger partial charge in [-0.05, 0) is 36.7 Å². The molecule has 0 aromatic heterocycles. The van der Waals surface area contributed by atoms with Crippen molar-refractivity contribution in [2.24, 2.45) is 5.41 Å². The Labute approximate surface area is 129 Å². The summed E-state index contributed by atoms with van der Waals surface area (Å²) in [5, 5.41) is 3.76. The molecule has 0 amide bonds. The summed E-state index contributed by atoms with van der Waals surface area (Å²) in [6.07, 6.45) is 6.94. The van der Waals surface area contributed by atoms with Gasteiger partial charge < -0.3 is 5.32 Å². The van der Waals surface area contributed by atoms with E-state index >= 15 is 0 Å². The molecule has 2 nitrogen and oxygen atoms in total. The van der Waals surface area contributed by atoms with E-state index in [0.717, 1.165) is 6.54 Å². The van der Waals surface area contributed by atoms with Crippen LogP contribution in [0.2, 0.25) is 0 Å². The number of piperazine rings is 1. The maximum atomic E-state index is 3.76. The van der Waals surface area contributed by atoms with E-state index < -0.39 is 0 Å². The molecule has 0 spiro atoms. The minimum atomic E-state index is 0.503. The molecule has 1 aliphatic carbocycles. The standard InChI is InChI=1S/C19H30N2/c1-3-17-13-20-18(16-9-6-5-7-10-16)14-21(17)15-19(4-2)11-8-12-19/h5-7,9-10,17-18,20H,3-4,8,11-15H2,1-2H3. The van der Waals surface area contributed by atoms with Crippen molar-refractivity contribution >= 4 is 0 Å². The van der Waals surface area contributed by atoms with Gasteiger partial charge in [-0.25, -0.2) is 0 Å². The Morgan fingerprint density at radius 2 is 1.95 bits per heavy atom. The van der Waals surface area contributed by atoms with Crippen LogP contribution in [0.4, 0.5) is 0 Å². The summed E-state index contributed by atoms with van der Waals surface area (Å²) < 4.78 is 0. The summed E-state index contributed by atoms with van der Waals surface area (Å²) >= 11 is 0. The summed E-state index contributed by atoms with van der Waals surface area (Å²) in [7, 11) is 0. The molecule has 2 heteroatoms.